The molecule has 0 aliphatic heterocycles. The highest BCUT2D eigenvalue weighted by atomic mass is 16.5. The molecule has 0 heterocycles. The second-order valence-corrected chi connectivity index (χ2v) is 5.21. The smallest absolute Gasteiger partial charge is 0.135 e. The van der Waals surface area contributed by atoms with Crippen LogP contribution in [0.2, 0.25) is 0 Å². The summed E-state index contributed by atoms with van der Waals surface area (Å²) >= 11 is 0. The van der Waals surface area contributed by atoms with Crippen LogP contribution >= 0.6 is 0 Å². The van der Waals surface area contributed by atoms with Crippen LogP contribution in [0.1, 0.15) is 71.1 Å². The van der Waals surface area contributed by atoms with Crippen LogP contribution in [0.25, 0.3) is 0 Å². The van der Waals surface area contributed by atoms with Crippen molar-refractivity contribution in [1.29, 1.82) is 0 Å². The van der Waals surface area contributed by atoms with Crippen LogP contribution in [0.15, 0.2) is 30.3 Å². The monoisotopic (exact) mass is 261 g/mol. The summed E-state index contributed by atoms with van der Waals surface area (Å²) in [6.45, 7) is 4.21. The molecule has 1 aromatic rings. The number of rotatable bonds is 12. The van der Waals surface area contributed by atoms with Gasteiger partial charge in [-0.25, -0.2) is 0 Å². The standard InChI is InChI=1S/C18H29O/c1-2-3-4-5-6-7-8-9-10-14-17-19-18-15-12-11-13-16-18/h11-13,15-17H,2-10,14H2,1H3. The molecule has 107 valence electrons. The Morgan fingerprint density at radius 1 is 0.789 bits per heavy atom. The highest BCUT2D eigenvalue weighted by Crippen LogP contribution is 2.13. The molecule has 0 fully saturated rings. The van der Waals surface area contributed by atoms with E-state index in [1.54, 1.807) is 0 Å². The molecule has 0 aliphatic carbocycles. The zero-order valence-corrected chi connectivity index (χ0v) is 12.4. The van der Waals surface area contributed by atoms with Gasteiger partial charge in [0, 0.05) is 0 Å². The van der Waals surface area contributed by atoms with Crippen molar-refractivity contribution in [2.75, 3.05) is 0 Å². The minimum atomic E-state index is 0.943. The first-order valence-corrected chi connectivity index (χ1v) is 7.97. The van der Waals surface area contributed by atoms with Crippen molar-refractivity contribution in [3.05, 3.63) is 36.9 Å². The van der Waals surface area contributed by atoms with E-state index >= 15 is 0 Å². The van der Waals surface area contributed by atoms with E-state index in [0.717, 1.165) is 12.2 Å². The quantitative estimate of drug-likeness (QED) is 0.410. The van der Waals surface area contributed by atoms with Gasteiger partial charge < -0.3 is 4.74 Å². The van der Waals surface area contributed by atoms with Crippen LogP contribution in [-0.2, 0) is 0 Å². The first-order valence-electron chi connectivity index (χ1n) is 7.97. The van der Waals surface area contributed by atoms with E-state index in [4.69, 9.17) is 4.74 Å². The third-order valence-electron chi connectivity index (χ3n) is 3.39. The summed E-state index contributed by atoms with van der Waals surface area (Å²) in [5.74, 6) is 0.943. The Morgan fingerprint density at radius 2 is 1.37 bits per heavy atom. The molecule has 1 radical (unpaired) electrons. The molecule has 0 saturated heterocycles. The lowest BCUT2D eigenvalue weighted by atomic mass is 10.1. The lowest BCUT2D eigenvalue weighted by Crippen LogP contribution is -1.90. The zero-order valence-electron chi connectivity index (χ0n) is 12.4. The first kappa shape index (κ1) is 16.1. The van der Waals surface area contributed by atoms with Gasteiger partial charge >= 0.3 is 0 Å². The lowest BCUT2D eigenvalue weighted by molar-refractivity contribution is 0.383. The molecule has 1 rings (SSSR count). The van der Waals surface area contributed by atoms with Crippen molar-refractivity contribution in [1.82, 2.24) is 0 Å². The summed E-state index contributed by atoms with van der Waals surface area (Å²) in [5, 5.41) is 0. The van der Waals surface area contributed by atoms with Crippen LogP contribution in [0.4, 0.5) is 0 Å². The van der Waals surface area contributed by atoms with Gasteiger partial charge in [0.05, 0.1) is 0 Å². The summed E-state index contributed by atoms with van der Waals surface area (Å²) < 4.78 is 5.55. The van der Waals surface area contributed by atoms with E-state index in [1.165, 1.54) is 57.8 Å². The molecular weight excluding hydrogens is 232 g/mol. The Kier molecular flexibility index (Phi) is 10.2. The molecule has 1 heteroatoms. The minimum Gasteiger partial charge on any atom is -0.487 e. The van der Waals surface area contributed by atoms with E-state index in [0.29, 0.717) is 0 Å². The number of unbranched alkanes of at least 4 members (excludes halogenated alkanes) is 9. The fraction of sp³-hybridized carbons (Fsp3) is 0.611. The molecule has 0 bridgehead atoms. The predicted octanol–water partition coefficient (Wildman–Crippen LogP) is 6.15. The second-order valence-electron chi connectivity index (χ2n) is 5.21. The van der Waals surface area contributed by atoms with Gasteiger partial charge in [-0.2, -0.15) is 0 Å². The highest BCUT2D eigenvalue weighted by Gasteiger charge is 1.94. The normalized spacial score (nSPS) is 10.6. The number of ether oxygens (including phenoxy) is 1. The van der Waals surface area contributed by atoms with Crippen LogP contribution in [0, 0.1) is 6.61 Å². The van der Waals surface area contributed by atoms with Crippen molar-refractivity contribution >= 4 is 0 Å². The summed E-state index contributed by atoms with van der Waals surface area (Å²) in [6.07, 6.45) is 13.5. The average molecular weight is 261 g/mol. The van der Waals surface area contributed by atoms with Gasteiger partial charge in [-0.05, 0) is 25.0 Å². The molecule has 0 unspecified atom stereocenters. The maximum absolute atomic E-state index is 5.55. The van der Waals surface area contributed by atoms with Crippen molar-refractivity contribution in [2.45, 2.75) is 71.1 Å². The van der Waals surface area contributed by atoms with Gasteiger partial charge in [-0.3, -0.25) is 0 Å². The lowest BCUT2D eigenvalue weighted by Gasteiger charge is -2.05. The molecule has 0 N–H and O–H groups in total. The molecule has 0 aromatic heterocycles. The largest absolute Gasteiger partial charge is 0.487 e. The third kappa shape index (κ3) is 9.58. The fourth-order valence-corrected chi connectivity index (χ4v) is 2.19. The van der Waals surface area contributed by atoms with E-state index in [1.807, 2.05) is 36.9 Å². The number of benzene rings is 1. The van der Waals surface area contributed by atoms with Gasteiger partial charge in [0.2, 0.25) is 0 Å². The molecule has 0 spiro atoms. The number of para-hydroxylation sites is 1. The molecule has 0 saturated carbocycles. The average Bonchev–Trinajstić information content (AvgIpc) is 2.46. The third-order valence-corrected chi connectivity index (χ3v) is 3.39. The SMILES string of the molecule is CCCCCCCCCCC[CH]Oc1ccccc1. The zero-order chi connectivity index (χ0) is 13.6. The molecule has 0 amide bonds. The van der Waals surface area contributed by atoms with Gasteiger partial charge in [0.1, 0.15) is 12.4 Å². The summed E-state index contributed by atoms with van der Waals surface area (Å²) in [6, 6.07) is 10.00. The second kappa shape index (κ2) is 12.1. The van der Waals surface area contributed by atoms with Crippen molar-refractivity contribution < 1.29 is 4.74 Å². The molecule has 1 aromatic carbocycles. The predicted molar refractivity (Wildman–Crippen MR) is 83.2 cm³/mol. The topological polar surface area (TPSA) is 9.23 Å². The molecular formula is C18H29O. The molecule has 19 heavy (non-hydrogen) atoms. The number of hydrogen-bond acceptors (Lipinski definition) is 1. The minimum absolute atomic E-state index is 0.943. The Morgan fingerprint density at radius 3 is 2.00 bits per heavy atom. The van der Waals surface area contributed by atoms with Crippen molar-refractivity contribution in [3.63, 3.8) is 0 Å². The summed E-state index contributed by atoms with van der Waals surface area (Å²) in [5.41, 5.74) is 0. The first-order chi connectivity index (χ1) is 9.43. The van der Waals surface area contributed by atoms with Crippen LogP contribution in [0.5, 0.6) is 5.75 Å². The van der Waals surface area contributed by atoms with Gasteiger partial charge in [0.15, 0.2) is 0 Å². The Bertz CT molecular complexity index is 281. The van der Waals surface area contributed by atoms with Gasteiger partial charge in [-0.1, -0.05) is 76.5 Å². The van der Waals surface area contributed by atoms with E-state index in [9.17, 15) is 0 Å². The maximum Gasteiger partial charge on any atom is 0.135 e. The number of hydrogen-bond donors (Lipinski definition) is 0. The maximum atomic E-state index is 5.55. The van der Waals surface area contributed by atoms with E-state index in [-0.39, 0.29) is 0 Å². The van der Waals surface area contributed by atoms with Crippen LogP contribution < -0.4 is 4.74 Å². The van der Waals surface area contributed by atoms with Crippen molar-refractivity contribution in [2.24, 2.45) is 0 Å². The van der Waals surface area contributed by atoms with Crippen LogP contribution in [-0.4, -0.2) is 0 Å². The Labute approximate surface area is 119 Å². The van der Waals surface area contributed by atoms with Crippen LogP contribution in [0.3, 0.4) is 0 Å². The Hall–Kier alpha value is -0.980. The van der Waals surface area contributed by atoms with E-state index < -0.39 is 0 Å². The highest BCUT2D eigenvalue weighted by molar-refractivity contribution is 5.21. The molecule has 1 nitrogen and oxygen atoms in total. The van der Waals surface area contributed by atoms with Gasteiger partial charge in [0.25, 0.3) is 0 Å². The fourth-order valence-electron chi connectivity index (χ4n) is 2.19. The van der Waals surface area contributed by atoms with Crippen molar-refractivity contribution in [3.8, 4) is 5.75 Å². The molecule has 0 atom stereocenters. The summed E-state index contributed by atoms with van der Waals surface area (Å²) in [4.78, 5) is 0. The Balaban J connectivity index is 1.79. The molecule has 0 aliphatic rings. The summed E-state index contributed by atoms with van der Waals surface area (Å²) in [7, 11) is 0. The van der Waals surface area contributed by atoms with Gasteiger partial charge in [-0.15, -0.1) is 0 Å². The van der Waals surface area contributed by atoms with E-state index in [2.05, 4.69) is 6.92 Å².